The molecule has 1 fully saturated rings. The van der Waals surface area contributed by atoms with Crippen molar-refractivity contribution in [1.29, 1.82) is 0 Å². The fourth-order valence-corrected chi connectivity index (χ4v) is 3.16. The first-order valence-corrected chi connectivity index (χ1v) is 5.57. The van der Waals surface area contributed by atoms with Gasteiger partial charge in [0, 0.05) is 5.54 Å². The second-order valence-corrected chi connectivity index (χ2v) is 5.68. The van der Waals surface area contributed by atoms with Gasteiger partial charge in [-0.3, -0.25) is 0 Å². The van der Waals surface area contributed by atoms with Gasteiger partial charge in [0.15, 0.2) is 0 Å². The molecule has 12 heavy (non-hydrogen) atoms. The molecule has 6 atom stereocenters. The van der Waals surface area contributed by atoms with E-state index in [1.165, 1.54) is 6.42 Å². The zero-order valence-corrected chi connectivity index (χ0v) is 9.83. The quantitative estimate of drug-likeness (QED) is 0.578. The van der Waals surface area contributed by atoms with Gasteiger partial charge in [-0.15, -0.1) is 9.24 Å². The van der Waals surface area contributed by atoms with Crippen LogP contribution in [0.1, 0.15) is 34.1 Å². The van der Waals surface area contributed by atoms with Crippen LogP contribution in [-0.4, -0.2) is 11.2 Å². The highest BCUT2D eigenvalue weighted by atomic mass is 31.0. The maximum atomic E-state index is 6.25. The molecule has 0 bridgehead atoms. The Labute approximate surface area is 78.7 Å². The van der Waals surface area contributed by atoms with Crippen molar-refractivity contribution >= 4 is 9.24 Å². The van der Waals surface area contributed by atoms with Crippen LogP contribution in [0.5, 0.6) is 0 Å². The van der Waals surface area contributed by atoms with Gasteiger partial charge in [-0.25, -0.2) is 0 Å². The van der Waals surface area contributed by atoms with Crippen LogP contribution in [0, 0.1) is 17.8 Å². The maximum absolute atomic E-state index is 6.25. The molecule has 0 saturated heterocycles. The number of rotatable bonds is 0. The van der Waals surface area contributed by atoms with Crippen LogP contribution < -0.4 is 5.73 Å². The van der Waals surface area contributed by atoms with E-state index < -0.39 is 0 Å². The Morgan fingerprint density at radius 1 is 1.33 bits per heavy atom. The van der Waals surface area contributed by atoms with Crippen molar-refractivity contribution in [2.75, 3.05) is 0 Å². The molecule has 0 aromatic carbocycles. The molecule has 0 aromatic rings. The van der Waals surface area contributed by atoms with Crippen LogP contribution in [-0.2, 0) is 0 Å². The summed E-state index contributed by atoms with van der Waals surface area (Å²) in [5, 5.41) is 0. The van der Waals surface area contributed by atoms with Crippen molar-refractivity contribution < 1.29 is 0 Å². The Morgan fingerprint density at radius 3 is 2.33 bits per heavy atom. The van der Waals surface area contributed by atoms with Crippen molar-refractivity contribution in [2.24, 2.45) is 23.5 Å². The number of nitrogens with two attached hydrogens (primary N) is 1. The van der Waals surface area contributed by atoms with Crippen molar-refractivity contribution in [3.8, 4) is 0 Å². The van der Waals surface area contributed by atoms with Crippen LogP contribution in [0.25, 0.3) is 0 Å². The third-order valence-corrected chi connectivity index (χ3v) is 5.07. The summed E-state index contributed by atoms with van der Waals surface area (Å²) in [6, 6.07) is 0. The monoisotopic (exact) mass is 187 g/mol. The second kappa shape index (κ2) is 3.27. The van der Waals surface area contributed by atoms with Crippen LogP contribution in [0.3, 0.4) is 0 Å². The lowest BCUT2D eigenvalue weighted by atomic mass is 9.66. The van der Waals surface area contributed by atoms with Crippen LogP contribution in [0.15, 0.2) is 0 Å². The zero-order chi connectivity index (χ0) is 9.52. The highest BCUT2D eigenvalue weighted by Crippen LogP contribution is 2.42. The summed E-state index contributed by atoms with van der Waals surface area (Å²) in [5.41, 5.74) is 6.98. The third kappa shape index (κ3) is 1.67. The van der Waals surface area contributed by atoms with Gasteiger partial charge in [0.2, 0.25) is 0 Å². The first-order valence-electron chi connectivity index (χ1n) is 4.90. The maximum Gasteiger partial charge on any atom is 0.0160 e. The van der Waals surface area contributed by atoms with Crippen molar-refractivity contribution in [2.45, 2.75) is 45.3 Å². The first kappa shape index (κ1) is 10.5. The molecule has 0 spiro atoms. The zero-order valence-electron chi connectivity index (χ0n) is 8.67. The number of hydrogen-bond acceptors (Lipinski definition) is 1. The fourth-order valence-electron chi connectivity index (χ4n) is 2.34. The average molecular weight is 187 g/mol. The van der Waals surface area contributed by atoms with E-state index >= 15 is 0 Å². The predicted octanol–water partition coefficient (Wildman–Crippen LogP) is 2.26. The molecule has 2 N–H and O–H groups in total. The average Bonchev–Trinajstić information content (AvgIpc) is 1.97. The molecular weight excluding hydrogens is 165 g/mol. The lowest BCUT2D eigenvalue weighted by Crippen LogP contribution is -2.54. The highest BCUT2D eigenvalue weighted by molar-refractivity contribution is 7.17. The summed E-state index contributed by atoms with van der Waals surface area (Å²) < 4.78 is 0. The molecule has 1 nitrogen and oxygen atoms in total. The predicted molar refractivity (Wildman–Crippen MR) is 58.2 cm³/mol. The molecule has 0 aromatic heterocycles. The van der Waals surface area contributed by atoms with Crippen LogP contribution in [0.4, 0.5) is 0 Å². The van der Waals surface area contributed by atoms with E-state index in [9.17, 15) is 0 Å². The second-order valence-electron chi connectivity index (χ2n) is 4.91. The molecule has 1 rings (SSSR count). The number of hydrogen-bond donors (Lipinski definition) is 1. The van der Waals surface area contributed by atoms with Gasteiger partial charge >= 0.3 is 0 Å². The van der Waals surface area contributed by atoms with Gasteiger partial charge in [0.25, 0.3) is 0 Å². The normalized spacial score (nSPS) is 55.5. The Hall–Kier alpha value is 0.390. The van der Waals surface area contributed by atoms with E-state index in [2.05, 4.69) is 36.9 Å². The molecule has 0 aliphatic heterocycles. The molecule has 0 heterocycles. The Morgan fingerprint density at radius 2 is 1.83 bits per heavy atom. The molecular formula is C10H22NP. The minimum atomic E-state index is 0.0400. The lowest BCUT2D eigenvalue weighted by Gasteiger charge is -2.47. The van der Waals surface area contributed by atoms with Crippen molar-refractivity contribution in [1.82, 2.24) is 0 Å². The Balaban J connectivity index is 2.78. The molecule has 2 heteroatoms. The van der Waals surface area contributed by atoms with E-state index in [0.29, 0.717) is 11.6 Å². The third-order valence-electron chi connectivity index (χ3n) is 3.88. The van der Waals surface area contributed by atoms with E-state index in [1.54, 1.807) is 0 Å². The highest BCUT2D eigenvalue weighted by Gasteiger charge is 2.41. The fraction of sp³-hybridized carbons (Fsp3) is 1.00. The van der Waals surface area contributed by atoms with E-state index in [1.807, 2.05) is 0 Å². The van der Waals surface area contributed by atoms with Gasteiger partial charge in [0.1, 0.15) is 0 Å². The minimum absolute atomic E-state index is 0.0400. The van der Waals surface area contributed by atoms with Gasteiger partial charge in [-0.05, 0) is 36.8 Å². The summed E-state index contributed by atoms with van der Waals surface area (Å²) in [6.07, 6.45) is 1.17. The van der Waals surface area contributed by atoms with Crippen LogP contribution >= 0.6 is 9.24 Å². The standard InChI is InChI=1S/C10H22NP/c1-6-5-10(4,11)8(3)9(12)7(6)2/h6-9H,5,11-12H2,1-4H3. The largest absolute Gasteiger partial charge is 0.325 e. The van der Waals surface area contributed by atoms with E-state index in [-0.39, 0.29) is 5.54 Å². The van der Waals surface area contributed by atoms with E-state index in [4.69, 9.17) is 5.73 Å². The SMILES string of the molecule is CC1CC(C)(N)C(C)C(P)C1C. The summed E-state index contributed by atoms with van der Waals surface area (Å²) >= 11 is 0. The van der Waals surface area contributed by atoms with Gasteiger partial charge < -0.3 is 5.73 Å². The van der Waals surface area contributed by atoms with Crippen molar-refractivity contribution in [3.05, 3.63) is 0 Å². The minimum Gasteiger partial charge on any atom is -0.325 e. The first-order chi connectivity index (χ1) is 5.36. The Bertz CT molecular complexity index is 167. The molecule has 1 saturated carbocycles. The molecule has 72 valence electrons. The summed E-state index contributed by atoms with van der Waals surface area (Å²) in [5.74, 6) is 2.18. The van der Waals surface area contributed by atoms with Crippen molar-refractivity contribution in [3.63, 3.8) is 0 Å². The summed E-state index contributed by atoms with van der Waals surface area (Å²) in [7, 11) is 2.97. The van der Waals surface area contributed by atoms with Gasteiger partial charge in [-0.2, -0.15) is 0 Å². The molecule has 0 radical (unpaired) electrons. The smallest absolute Gasteiger partial charge is 0.0160 e. The van der Waals surface area contributed by atoms with Gasteiger partial charge in [-0.1, -0.05) is 20.8 Å². The summed E-state index contributed by atoms with van der Waals surface area (Å²) in [6.45, 7) is 9.13. The van der Waals surface area contributed by atoms with E-state index in [0.717, 1.165) is 11.8 Å². The molecule has 1 aliphatic carbocycles. The van der Waals surface area contributed by atoms with Crippen LogP contribution in [0.2, 0.25) is 0 Å². The molecule has 1 aliphatic rings. The lowest BCUT2D eigenvalue weighted by molar-refractivity contribution is 0.135. The molecule has 0 amide bonds. The molecule has 6 unspecified atom stereocenters. The summed E-state index contributed by atoms with van der Waals surface area (Å²) in [4.78, 5) is 0. The Kier molecular flexibility index (Phi) is 2.85. The van der Waals surface area contributed by atoms with Gasteiger partial charge in [0.05, 0.1) is 0 Å². The topological polar surface area (TPSA) is 26.0 Å².